The minimum atomic E-state index is 0. The van der Waals surface area contributed by atoms with Gasteiger partial charge in [0.15, 0.2) is 0 Å². The number of nitrogens with zero attached hydrogens (tertiary/aromatic N) is 2. The normalized spacial score (nSPS) is 21.6. The molecule has 0 aromatic carbocycles. The van der Waals surface area contributed by atoms with Crippen LogP contribution in [-0.4, -0.2) is 34.9 Å². The molecule has 114 valence electrons. The molecule has 1 aromatic rings. The van der Waals surface area contributed by atoms with Gasteiger partial charge in [-0.15, -0.1) is 24.8 Å². The molecule has 2 rings (SSSR count). The molecule has 4 nitrogen and oxygen atoms in total. The van der Waals surface area contributed by atoms with Gasteiger partial charge in [0.05, 0.1) is 5.56 Å². The summed E-state index contributed by atoms with van der Waals surface area (Å²) in [6, 6.07) is 1.95. The van der Waals surface area contributed by atoms with Crippen molar-refractivity contribution in [3.05, 3.63) is 28.5 Å². The van der Waals surface area contributed by atoms with E-state index in [-0.39, 0.29) is 36.8 Å². The molecular formula is C13H20BrCl2N3O. The van der Waals surface area contributed by atoms with Crippen LogP contribution in [0.4, 0.5) is 0 Å². The molecule has 0 spiro atoms. The number of amides is 1. The summed E-state index contributed by atoms with van der Waals surface area (Å²) >= 11 is 3.34. The summed E-state index contributed by atoms with van der Waals surface area (Å²) in [6.45, 7) is 3.47. The Hall–Kier alpha value is -0.360. The number of hydrogen-bond acceptors (Lipinski definition) is 3. The Bertz CT molecular complexity index is 447. The second-order valence-electron chi connectivity index (χ2n) is 4.81. The second-order valence-corrected chi connectivity index (χ2v) is 5.73. The van der Waals surface area contributed by atoms with E-state index in [1.807, 2.05) is 11.0 Å². The van der Waals surface area contributed by atoms with E-state index in [1.54, 1.807) is 12.4 Å². The molecule has 1 fully saturated rings. The molecule has 0 aliphatic carbocycles. The molecule has 2 N–H and O–H groups in total. The number of rotatable bonds is 2. The summed E-state index contributed by atoms with van der Waals surface area (Å²) in [4.78, 5) is 18.4. The number of carbonyl (C=O) groups is 1. The maximum Gasteiger partial charge on any atom is 0.255 e. The quantitative estimate of drug-likeness (QED) is 0.852. The van der Waals surface area contributed by atoms with Crippen LogP contribution < -0.4 is 5.73 Å². The highest BCUT2D eigenvalue weighted by atomic mass is 79.9. The number of nitrogens with two attached hydrogens (primary N) is 1. The van der Waals surface area contributed by atoms with Crippen molar-refractivity contribution in [1.29, 1.82) is 0 Å². The predicted molar refractivity (Wildman–Crippen MR) is 88.7 cm³/mol. The molecule has 1 amide bonds. The van der Waals surface area contributed by atoms with Crippen molar-refractivity contribution < 1.29 is 4.79 Å². The zero-order valence-electron chi connectivity index (χ0n) is 11.3. The highest BCUT2D eigenvalue weighted by molar-refractivity contribution is 9.10. The molecule has 1 aliphatic heterocycles. The Balaban J connectivity index is 0.00000180. The van der Waals surface area contributed by atoms with E-state index in [1.165, 1.54) is 0 Å². The molecule has 20 heavy (non-hydrogen) atoms. The highest BCUT2D eigenvalue weighted by Crippen LogP contribution is 2.24. The van der Waals surface area contributed by atoms with Crippen LogP contribution in [0.25, 0.3) is 0 Å². The zero-order valence-corrected chi connectivity index (χ0v) is 14.5. The lowest BCUT2D eigenvalue weighted by molar-refractivity contribution is 0.0532. The summed E-state index contributed by atoms with van der Waals surface area (Å²) in [7, 11) is 0. The first-order chi connectivity index (χ1) is 8.63. The van der Waals surface area contributed by atoms with Crippen LogP contribution in [0.15, 0.2) is 22.9 Å². The van der Waals surface area contributed by atoms with Crippen molar-refractivity contribution in [3.63, 3.8) is 0 Å². The maximum absolute atomic E-state index is 12.5. The summed E-state index contributed by atoms with van der Waals surface area (Å²) in [6.07, 6.45) is 5.48. The number of aromatic nitrogens is 1. The summed E-state index contributed by atoms with van der Waals surface area (Å²) in [5.74, 6) is 0.499. The fourth-order valence-corrected chi connectivity index (χ4v) is 2.92. The number of likely N-dealkylation sites (tertiary alicyclic amines) is 1. The monoisotopic (exact) mass is 383 g/mol. The molecule has 0 saturated carbocycles. The van der Waals surface area contributed by atoms with Crippen LogP contribution in [0, 0.1) is 5.92 Å². The lowest BCUT2D eigenvalue weighted by atomic mass is 9.90. The van der Waals surface area contributed by atoms with Gasteiger partial charge in [-0.3, -0.25) is 9.78 Å². The van der Waals surface area contributed by atoms with Gasteiger partial charge in [-0.2, -0.15) is 0 Å². The van der Waals surface area contributed by atoms with Gasteiger partial charge < -0.3 is 10.6 Å². The third-order valence-electron chi connectivity index (χ3n) is 3.57. The first-order valence-corrected chi connectivity index (χ1v) is 7.04. The van der Waals surface area contributed by atoms with E-state index in [2.05, 4.69) is 27.8 Å². The van der Waals surface area contributed by atoms with Gasteiger partial charge in [0, 0.05) is 36.0 Å². The summed E-state index contributed by atoms with van der Waals surface area (Å²) in [5.41, 5.74) is 6.43. The second kappa shape index (κ2) is 8.82. The molecule has 2 atom stereocenters. The van der Waals surface area contributed by atoms with Gasteiger partial charge in [-0.05, 0) is 40.8 Å². The lowest BCUT2D eigenvalue weighted by Crippen LogP contribution is -2.51. The van der Waals surface area contributed by atoms with Gasteiger partial charge >= 0.3 is 0 Å². The first kappa shape index (κ1) is 19.6. The van der Waals surface area contributed by atoms with Crippen molar-refractivity contribution in [3.8, 4) is 0 Å². The molecule has 1 aliphatic rings. The SMILES string of the molecule is CC1CCCN(C(=O)c2cncc(Br)c2)C1CN.Cl.Cl. The van der Waals surface area contributed by atoms with Crippen LogP contribution >= 0.6 is 40.7 Å². The third kappa shape index (κ3) is 4.32. The van der Waals surface area contributed by atoms with E-state index >= 15 is 0 Å². The van der Waals surface area contributed by atoms with Gasteiger partial charge in [0.1, 0.15) is 0 Å². The van der Waals surface area contributed by atoms with Gasteiger partial charge in [-0.25, -0.2) is 0 Å². The number of carbonyl (C=O) groups excluding carboxylic acids is 1. The molecule has 0 bridgehead atoms. The predicted octanol–water partition coefficient (Wildman–Crippen LogP) is 2.89. The number of pyridine rings is 1. The van der Waals surface area contributed by atoms with E-state index in [9.17, 15) is 4.79 Å². The lowest BCUT2D eigenvalue weighted by Gasteiger charge is -2.39. The number of hydrogen-bond donors (Lipinski definition) is 1. The van der Waals surface area contributed by atoms with Crippen molar-refractivity contribution in [1.82, 2.24) is 9.88 Å². The fourth-order valence-electron chi connectivity index (χ4n) is 2.56. The minimum absolute atomic E-state index is 0. The molecule has 1 aromatic heterocycles. The first-order valence-electron chi connectivity index (χ1n) is 6.25. The van der Waals surface area contributed by atoms with Gasteiger partial charge in [0.2, 0.25) is 0 Å². The Kier molecular flexibility index (Phi) is 8.66. The number of piperidine rings is 1. The van der Waals surface area contributed by atoms with E-state index in [0.717, 1.165) is 23.9 Å². The van der Waals surface area contributed by atoms with Crippen LogP contribution in [0.2, 0.25) is 0 Å². The smallest absolute Gasteiger partial charge is 0.255 e. The van der Waals surface area contributed by atoms with E-state index in [4.69, 9.17) is 5.73 Å². The Labute approximate surface area is 140 Å². The Morgan fingerprint density at radius 1 is 1.50 bits per heavy atom. The van der Waals surface area contributed by atoms with E-state index in [0.29, 0.717) is 18.0 Å². The molecule has 2 unspecified atom stereocenters. The molecule has 1 saturated heterocycles. The zero-order chi connectivity index (χ0) is 13.1. The fraction of sp³-hybridized carbons (Fsp3) is 0.538. The average Bonchev–Trinajstić information content (AvgIpc) is 2.37. The molecular weight excluding hydrogens is 365 g/mol. The molecule has 7 heteroatoms. The highest BCUT2D eigenvalue weighted by Gasteiger charge is 2.31. The minimum Gasteiger partial charge on any atom is -0.334 e. The van der Waals surface area contributed by atoms with Crippen LogP contribution in [0.1, 0.15) is 30.1 Å². The standard InChI is InChI=1S/C13H18BrN3O.2ClH/c1-9-3-2-4-17(12(9)6-15)13(18)10-5-11(14)8-16-7-10;;/h5,7-9,12H,2-4,6,15H2,1H3;2*1H. The third-order valence-corrected chi connectivity index (χ3v) is 4.00. The van der Waals surface area contributed by atoms with Gasteiger partial charge in [-0.1, -0.05) is 6.92 Å². The Morgan fingerprint density at radius 2 is 2.20 bits per heavy atom. The van der Waals surface area contributed by atoms with Crippen LogP contribution in [0.3, 0.4) is 0 Å². The number of halogens is 3. The summed E-state index contributed by atoms with van der Waals surface area (Å²) < 4.78 is 0.822. The van der Waals surface area contributed by atoms with Crippen molar-refractivity contribution in [2.75, 3.05) is 13.1 Å². The van der Waals surface area contributed by atoms with Crippen molar-refractivity contribution >= 4 is 46.7 Å². The summed E-state index contributed by atoms with van der Waals surface area (Å²) in [5, 5.41) is 0. The van der Waals surface area contributed by atoms with Gasteiger partial charge in [0.25, 0.3) is 5.91 Å². The Morgan fingerprint density at radius 3 is 2.80 bits per heavy atom. The largest absolute Gasteiger partial charge is 0.334 e. The molecule has 0 radical (unpaired) electrons. The van der Waals surface area contributed by atoms with Crippen molar-refractivity contribution in [2.24, 2.45) is 11.7 Å². The maximum atomic E-state index is 12.5. The van der Waals surface area contributed by atoms with E-state index < -0.39 is 0 Å². The average molecular weight is 385 g/mol. The molecule has 2 heterocycles. The van der Waals surface area contributed by atoms with Crippen LogP contribution in [-0.2, 0) is 0 Å². The van der Waals surface area contributed by atoms with Crippen molar-refractivity contribution in [2.45, 2.75) is 25.8 Å². The topological polar surface area (TPSA) is 59.2 Å². The van der Waals surface area contributed by atoms with Crippen LogP contribution in [0.5, 0.6) is 0 Å².